The Bertz CT molecular complexity index is 185. The number of nitrogens with zero attached hydrogens (tertiary/aromatic N) is 1. The van der Waals surface area contributed by atoms with Gasteiger partial charge in [0.1, 0.15) is 0 Å². The number of methoxy groups -OCH3 is 1. The SMILES string of the molecule is COCCCN1CC(CO)OC(C)(C)C1. The molecule has 0 aliphatic carbocycles. The molecule has 1 fully saturated rings. The Labute approximate surface area is 92.2 Å². The maximum atomic E-state index is 9.14. The number of hydrogen-bond donors (Lipinski definition) is 1. The van der Waals surface area contributed by atoms with Crippen molar-refractivity contribution in [2.24, 2.45) is 0 Å². The van der Waals surface area contributed by atoms with E-state index in [-0.39, 0.29) is 18.3 Å². The second-order valence-electron chi connectivity index (χ2n) is 4.76. The third kappa shape index (κ3) is 4.47. The summed E-state index contributed by atoms with van der Waals surface area (Å²) in [6, 6.07) is 0. The molecule has 0 spiro atoms. The van der Waals surface area contributed by atoms with Gasteiger partial charge in [0.25, 0.3) is 0 Å². The van der Waals surface area contributed by atoms with E-state index < -0.39 is 0 Å². The van der Waals surface area contributed by atoms with Crippen LogP contribution >= 0.6 is 0 Å². The van der Waals surface area contributed by atoms with Crippen LogP contribution in [0.1, 0.15) is 20.3 Å². The highest BCUT2D eigenvalue weighted by Crippen LogP contribution is 2.20. The summed E-state index contributed by atoms with van der Waals surface area (Å²) in [6.45, 7) is 7.79. The number of rotatable bonds is 5. The lowest BCUT2D eigenvalue weighted by atomic mass is 10.1. The van der Waals surface area contributed by atoms with Crippen molar-refractivity contribution in [3.05, 3.63) is 0 Å². The molecule has 0 amide bonds. The van der Waals surface area contributed by atoms with Gasteiger partial charge in [-0.15, -0.1) is 0 Å². The lowest BCUT2D eigenvalue weighted by molar-refractivity contribution is -0.149. The molecule has 1 rings (SSSR count). The minimum Gasteiger partial charge on any atom is -0.394 e. The fraction of sp³-hybridized carbons (Fsp3) is 1.00. The van der Waals surface area contributed by atoms with Crippen LogP contribution in [0.15, 0.2) is 0 Å². The number of ether oxygens (including phenoxy) is 2. The maximum absolute atomic E-state index is 9.14. The summed E-state index contributed by atoms with van der Waals surface area (Å²) >= 11 is 0. The predicted molar refractivity (Wildman–Crippen MR) is 59.0 cm³/mol. The van der Waals surface area contributed by atoms with Crippen molar-refractivity contribution in [2.45, 2.75) is 32.0 Å². The average Bonchev–Trinajstić information content (AvgIpc) is 2.16. The van der Waals surface area contributed by atoms with Gasteiger partial charge in [-0.25, -0.2) is 0 Å². The van der Waals surface area contributed by atoms with Gasteiger partial charge in [0.05, 0.1) is 18.3 Å². The van der Waals surface area contributed by atoms with Crippen molar-refractivity contribution < 1.29 is 14.6 Å². The van der Waals surface area contributed by atoms with Crippen molar-refractivity contribution in [3.63, 3.8) is 0 Å². The molecular formula is C11H23NO3. The standard InChI is InChI=1S/C11H23NO3/c1-11(2)9-12(5-4-6-14-3)7-10(8-13)15-11/h10,13H,4-9H2,1-3H3. The van der Waals surface area contributed by atoms with E-state index in [0.29, 0.717) is 0 Å². The smallest absolute Gasteiger partial charge is 0.0940 e. The van der Waals surface area contributed by atoms with Gasteiger partial charge in [0.2, 0.25) is 0 Å². The number of morpholine rings is 1. The van der Waals surface area contributed by atoms with E-state index >= 15 is 0 Å². The summed E-state index contributed by atoms with van der Waals surface area (Å²) in [4.78, 5) is 2.34. The normalized spacial score (nSPS) is 26.8. The van der Waals surface area contributed by atoms with Crippen LogP contribution in [-0.4, -0.2) is 61.7 Å². The summed E-state index contributed by atoms with van der Waals surface area (Å²) in [7, 11) is 1.72. The molecule has 90 valence electrons. The third-order valence-electron chi connectivity index (χ3n) is 2.58. The first-order valence-corrected chi connectivity index (χ1v) is 5.57. The zero-order valence-electron chi connectivity index (χ0n) is 10.0. The van der Waals surface area contributed by atoms with Gasteiger partial charge in [-0.3, -0.25) is 4.90 Å². The fourth-order valence-corrected chi connectivity index (χ4v) is 2.11. The van der Waals surface area contributed by atoms with Crippen molar-refractivity contribution in [1.29, 1.82) is 0 Å². The van der Waals surface area contributed by atoms with Gasteiger partial charge in [0.15, 0.2) is 0 Å². The Balaban J connectivity index is 2.36. The van der Waals surface area contributed by atoms with Gasteiger partial charge in [0, 0.05) is 33.4 Å². The minimum absolute atomic E-state index is 0.0451. The van der Waals surface area contributed by atoms with Crippen molar-refractivity contribution in [1.82, 2.24) is 4.90 Å². The number of aliphatic hydroxyl groups is 1. The molecule has 0 aromatic carbocycles. The van der Waals surface area contributed by atoms with Crippen LogP contribution in [0, 0.1) is 0 Å². The molecule has 1 heterocycles. The van der Waals surface area contributed by atoms with Crippen LogP contribution in [-0.2, 0) is 9.47 Å². The molecule has 0 bridgehead atoms. The van der Waals surface area contributed by atoms with Gasteiger partial charge in [-0.1, -0.05) is 0 Å². The highest BCUT2D eigenvalue weighted by molar-refractivity contribution is 4.83. The van der Waals surface area contributed by atoms with Crippen LogP contribution < -0.4 is 0 Å². The Morgan fingerprint density at radius 2 is 2.27 bits per heavy atom. The largest absolute Gasteiger partial charge is 0.394 e. The zero-order valence-corrected chi connectivity index (χ0v) is 10.0. The molecule has 1 saturated heterocycles. The molecular weight excluding hydrogens is 194 g/mol. The van der Waals surface area contributed by atoms with Crippen LogP contribution in [0.3, 0.4) is 0 Å². The minimum atomic E-state index is -0.154. The van der Waals surface area contributed by atoms with Crippen LogP contribution in [0.2, 0.25) is 0 Å². The van der Waals surface area contributed by atoms with Crippen molar-refractivity contribution >= 4 is 0 Å². The molecule has 0 aromatic heterocycles. The quantitative estimate of drug-likeness (QED) is 0.681. The Kier molecular flexibility index (Phi) is 4.99. The number of aliphatic hydroxyl groups excluding tert-OH is 1. The summed E-state index contributed by atoms with van der Waals surface area (Å²) < 4.78 is 10.8. The molecule has 0 radical (unpaired) electrons. The second-order valence-corrected chi connectivity index (χ2v) is 4.76. The van der Waals surface area contributed by atoms with E-state index in [1.807, 2.05) is 0 Å². The molecule has 0 aromatic rings. The number of hydrogen-bond acceptors (Lipinski definition) is 4. The predicted octanol–water partition coefficient (Wildman–Crippen LogP) is 0.495. The van der Waals surface area contributed by atoms with Gasteiger partial charge >= 0.3 is 0 Å². The van der Waals surface area contributed by atoms with E-state index in [9.17, 15) is 0 Å². The Morgan fingerprint density at radius 3 is 2.87 bits per heavy atom. The summed E-state index contributed by atoms with van der Waals surface area (Å²) in [5, 5.41) is 9.14. The maximum Gasteiger partial charge on any atom is 0.0940 e. The monoisotopic (exact) mass is 217 g/mol. The van der Waals surface area contributed by atoms with E-state index in [2.05, 4.69) is 18.7 Å². The Hall–Kier alpha value is -0.160. The van der Waals surface area contributed by atoms with Crippen molar-refractivity contribution in [2.75, 3.05) is 40.0 Å². The first kappa shape index (κ1) is 12.9. The Morgan fingerprint density at radius 1 is 1.53 bits per heavy atom. The van der Waals surface area contributed by atoms with Crippen LogP contribution in [0.5, 0.6) is 0 Å². The molecule has 4 heteroatoms. The summed E-state index contributed by atoms with van der Waals surface area (Å²) in [6.07, 6.45) is 0.987. The van der Waals surface area contributed by atoms with Crippen LogP contribution in [0.4, 0.5) is 0 Å². The van der Waals surface area contributed by atoms with Crippen LogP contribution in [0.25, 0.3) is 0 Å². The molecule has 15 heavy (non-hydrogen) atoms. The first-order valence-electron chi connectivity index (χ1n) is 5.57. The third-order valence-corrected chi connectivity index (χ3v) is 2.58. The van der Waals surface area contributed by atoms with Gasteiger partial charge < -0.3 is 14.6 Å². The highest BCUT2D eigenvalue weighted by atomic mass is 16.5. The highest BCUT2D eigenvalue weighted by Gasteiger charge is 2.32. The van der Waals surface area contributed by atoms with E-state index in [0.717, 1.165) is 32.7 Å². The topological polar surface area (TPSA) is 41.9 Å². The van der Waals surface area contributed by atoms with Gasteiger partial charge in [-0.05, 0) is 20.3 Å². The van der Waals surface area contributed by atoms with E-state index in [4.69, 9.17) is 14.6 Å². The van der Waals surface area contributed by atoms with Gasteiger partial charge in [-0.2, -0.15) is 0 Å². The lowest BCUT2D eigenvalue weighted by Crippen LogP contribution is -2.54. The summed E-state index contributed by atoms with van der Waals surface area (Å²) in [5.41, 5.74) is -0.154. The molecule has 1 atom stereocenters. The van der Waals surface area contributed by atoms with E-state index in [1.54, 1.807) is 7.11 Å². The second kappa shape index (κ2) is 5.80. The molecule has 1 aliphatic heterocycles. The molecule has 1 unspecified atom stereocenters. The molecule has 1 aliphatic rings. The average molecular weight is 217 g/mol. The first-order chi connectivity index (χ1) is 7.07. The van der Waals surface area contributed by atoms with Crippen molar-refractivity contribution in [3.8, 4) is 0 Å². The molecule has 0 saturated carbocycles. The lowest BCUT2D eigenvalue weighted by Gasteiger charge is -2.42. The van der Waals surface area contributed by atoms with E-state index in [1.165, 1.54) is 0 Å². The zero-order chi connectivity index (χ0) is 11.3. The summed E-state index contributed by atoms with van der Waals surface area (Å²) in [5.74, 6) is 0. The molecule has 1 N–H and O–H groups in total. The fourth-order valence-electron chi connectivity index (χ4n) is 2.11. The molecule has 4 nitrogen and oxygen atoms in total.